The van der Waals surface area contributed by atoms with Crippen molar-refractivity contribution < 1.29 is 9.84 Å². The van der Waals surface area contributed by atoms with E-state index >= 15 is 0 Å². The third-order valence-corrected chi connectivity index (χ3v) is 2.80. The van der Waals surface area contributed by atoms with E-state index < -0.39 is 0 Å². The van der Waals surface area contributed by atoms with Crippen LogP contribution in [0.2, 0.25) is 0 Å². The van der Waals surface area contributed by atoms with Crippen molar-refractivity contribution in [2.75, 3.05) is 13.7 Å². The summed E-state index contributed by atoms with van der Waals surface area (Å²) in [7, 11) is 1.65. The molecule has 0 aromatic heterocycles. The van der Waals surface area contributed by atoms with Crippen LogP contribution in [0.5, 0.6) is 5.75 Å². The number of aliphatic hydroxyl groups is 1. The van der Waals surface area contributed by atoms with E-state index in [1.807, 2.05) is 19.1 Å². The topological polar surface area (TPSA) is 29.5 Å². The summed E-state index contributed by atoms with van der Waals surface area (Å²) in [5.74, 6) is 0.859. The van der Waals surface area contributed by atoms with Gasteiger partial charge in [0.25, 0.3) is 0 Å². The molecule has 0 radical (unpaired) electrons. The number of rotatable bonds is 3. The van der Waals surface area contributed by atoms with Crippen molar-refractivity contribution in [3.63, 3.8) is 0 Å². The maximum atomic E-state index is 8.79. The Kier molecular flexibility index (Phi) is 3.75. The second-order valence-electron chi connectivity index (χ2n) is 2.88. The SMILES string of the molecule is COc1cc(CCO)cc(Br)c1C. The van der Waals surface area contributed by atoms with Crippen molar-refractivity contribution in [1.29, 1.82) is 0 Å². The molecule has 0 saturated carbocycles. The number of halogens is 1. The Balaban J connectivity index is 3.06. The lowest BCUT2D eigenvalue weighted by Gasteiger charge is -2.09. The van der Waals surface area contributed by atoms with Gasteiger partial charge in [0.05, 0.1) is 7.11 Å². The van der Waals surface area contributed by atoms with Gasteiger partial charge in [0.2, 0.25) is 0 Å². The van der Waals surface area contributed by atoms with Crippen LogP contribution in [0.15, 0.2) is 16.6 Å². The summed E-state index contributed by atoms with van der Waals surface area (Å²) in [5, 5.41) is 8.79. The van der Waals surface area contributed by atoms with Gasteiger partial charge in [-0.15, -0.1) is 0 Å². The standard InChI is InChI=1S/C10H13BrO2/c1-7-9(11)5-8(3-4-12)6-10(7)13-2/h5-6,12H,3-4H2,1-2H3. The van der Waals surface area contributed by atoms with Gasteiger partial charge in [-0.1, -0.05) is 15.9 Å². The second kappa shape index (κ2) is 4.63. The molecule has 13 heavy (non-hydrogen) atoms. The zero-order chi connectivity index (χ0) is 9.84. The Morgan fingerprint density at radius 3 is 2.69 bits per heavy atom. The van der Waals surface area contributed by atoms with Gasteiger partial charge in [0, 0.05) is 16.6 Å². The lowest BCUT2D eigenvalue weighted by molar-refractivity contribution is 0.299. The molecule has 0 atom stereocenters. The zero-order valence-electron chi connectivity index (χ0n) is 7.80. The van der Waals surface area contributed by atoms with Crippen molar-refractivity contribution in [1.82, 2.24) is 0 Å². The molecule has 0 saturated heterocycles. The fraction of sp³-hybridized carbons (Fsp3) is 0.400. The highest BCUT2D eigenvalue weighted by Crippen LogP contribution is 2.27. The number of hydrogen-bond donors (Lipinski definition) is 1. The zero-order valence-corrected chi connectivity index (χ0v) is 9.39. The van der Waals surface area contributed by atoms with E-state index in [9.17, 15) is 0 Å². The van der Waals surface area contributed by atoms with Crippen LogP contribution in [-0.4, -0.2) is 18.8 Å². The molecule has 1 aromatic carbocycles. The van der Waals surface area contributed by atoms with Crippen molar-refractivity contribution >= 4 is 15.9 Å². The Hall–Kier alpha value is -0.540. The second-order valence-corrected chi connectivity index (χ2v) is 3.73. The van der Waals surface area contributed by atoms with Crippen LogP contribution in [0, 0.1) is 6.92 Å². The van der Waals surface area contributed by atoms with Crippen LogP contribution in [0.3, 0.4) is 0 Å². The molecule has 0 amide bonds. The molecule has 2 nitrogen and oxygen atoms in total. The van der Waals surface area contributed by atoms with Gasteiger partial charge >= 0.3 is 0 Å². The van der Waals surface area contributed by atoms with Crippen LogP contribution >= 0.6 is 15.9 Å². The molecular weight excluding hydrogens is 232 g/mol. The molecule has 3 heteroatoms. The first-order valence-electron chi connectivity index (χ1n) is 4.13. The highest BCUT2D eigenvalue weighted by atomic mass is 79.9. The van der Waals surface area contributed by atoms with Gasteiger partial charge in [0.1, 0.15) is 5.75 Å². The summed E-state index contributed by atoms with van der Waals surface area (Å²) >= 11 is 3.45. The molecule has 0 heterocycles. The van der Waals surface area contributed by atoms with E-state index in [2.05, 4.69) is 15.9 Å². The first kappa shape index (κ1) is 10.5. The predicted molar refractivity (Wildman–Crippen MR) is 56.2 cm³/mol. The Morgan fingerprint density at radius 1 is 1.46 bits per heavy atom. The Bertz CT molecular complexity index is 297. The summed E-state index contributed by atoms with van der Waals surface area (Å²) in [6, 6.07) is 3.96. The fourth-order valence-corrected chi connectivity index (χ4v) is 1.68. The quantitative estimate of drug-likeness (QED) is 0.885. The average molecular weight is 245 g/mol. The first-order chi connectivity index (χ1) is 6.19. The third-order valence-electron chi connectivity index (χ3n) is 1.98. The molecule has 0 bridgehead atoms. The molecule has 1 N–H and O–H groups in total. The first-order valence-corrected chi connectivity index (χ1v) is 4.92. The van der Waals surface area contributed by atoms with Gasteiger partial charge in [-0.2, -0.15) is 0 Å². The molecule has 0 aliphatic carbocycles. The van der Waals surface area contributed by atoms with E-state index in [0.717, 1.165) is 21.3 Å². The summed E-state index contributed by atoms with van der Waals surface area (Å²) in [6.45, 7) is 2.16. The number of ether oxygens (including phenoxy) is 1. The van der Waals surface area contributed by atoms with Crippen LogP contribution < -0.4 is 4.74 Å². The van der Waals surface area contributed by atoms with Gasteiger partial charge < -0.3 is 9.84 Å². The van der Waals surface area contributed by atoms with E-state index in [1.165, 1.54) is 0 Å². The van der Waals surface area contributed by atoms with Crippen LogP contribution in [-0.2, 0) is 6.42 Å². The molecule has 72 valence electrons. The van der Waals surface area contributed by atoms with E-state index in [-0.39, 0.29) is 6.61 Å². The molecule has 0 fully saturated rings. The average Bonchev–Trinajstić information content (AvgIpc) is 2.11. The Labute approximate surface area is 86.7 Å². The monoisotopic (exact) mass is 244 g/mol. The van der Waals surface area contributed by atoms with Crippen molar-refractivity contribution in [3.8, 4) is 5.75 Å². The largest absolute Gasteiger partial charge is 0.496 e. The lowest BCUT2D eigenvalue weighted by atomic mass is 10.1. The van der Waals surface area contributed by atoms with E-state index in [4.69, 9.17) is 9.84 Å². The van der Waals surface area contributed by atoms with Crippen molar-refractivity contribution in [3.05, 3.63) is 27.7 Å². The van der Waals surface area contributed by atoms with Gasteiger partial charge in [-0.05, 0) is 31.0 Å². The predicted octanol–water partition coefficient (Wildman–Crippen LogP) is 2.30. The van der Waals surface area contributed by atoms with Gasteiger partial charge in [-0.3, -0.25) is 0 Å². The van der Waals surface area contributed by atoms with Crippen LogP contribution in [0.1, 0.15) is 11.1 Å². The van der Waals surface area contributed by atoms with Crippen molar-refractivity contribution in [2.45, 2.75) is 13.3 Å². The summed E-state index contributed by atoms with van der Waals surface area (Å²) in [5.41, 5.74) is 2.17. The molecular formula is C10H13BrO2. The molecule has 1 rings (SSSR count). The van der Waals surface area contributed by atoms with Gasteiger partial charge in [-0.25, -0.2) is 0 Å². The minimum atomic E-state index is 0.165. The fourth-order valence-electron chi connectivity index (χ4n) is 1.19. The smallest absolute Gasteiger partial charge is 0.123 e. The highest BCUT2D eigenvalue weighted by molar-refractivity contribution is 9.10. The molecule has 0 spiro atoms. The molecule has 0 aliphatic rings. The van der Waals surface area contributed by atoms with E-state index in [1.54, 1.807) is 7.11 Å². The van der Waals surface area contributed by atoms with Crippen LogP contribution in [0.4, 0.5) is 0 Å². The number of methoxy groups -OCH3 is 1. The van der Waals surface area contributed by atoms with Crippen LogP contribution in [0.25, 0.3) is 0 Å². The maximum Gasteiger partial charge on any atom is 0.123 e. The van der Waals surface area contributed by atoms with Gasteiger partial charge in [0.15, 0.2) is 0 Å². The summed E-state index contributed by atoms with van der Waals surface area (Å²) in [4.78, 5) is 0. The molecule has 1 aromatic rings. The minimum absolute atomic E-state index is 0.165. The van der Waals surface area contributed by atoms with E-state index in [0.29, 0.717) is 6.42 Å². The minimum Gasteiger partial charge on any atom is -0.496 e. The summed E-state index contributed by atoms with van der Waals surface area (Å²) in [6.07, 6.45) is 0.662. The Morgan fingerprint density at radius 2 is 2.15 bits per heavy atom. The summed E-state index contributed by atoms with van der Waals surface area (Å²) < 4.78 is 6.22. The third kappa shape index (κ3) is 2.45. The van der Waals surface area contributed by atoms with Crippen molar-refractivity contribution in [2.24, 2.45) is 0 Å². The molecule has 0 unspecified atom stereocenters. The lowest BCUT2D eigenvalue weighted by Crippen LogP contribution is -1.94. The highest BCUT2D eigenvalue weighted by Gasteiger charge is 2.04. The number of benzene rings is 1. The number of aliphatic hydroxyl groups excluding tert-OH is 1. The number of hydrogen-bond acceptors (Lipinski definition) is 2. The maximum absolute atomic E-state index is 8.79. The normalized spacial score (nSPS) is 10.2. The molecule has 0 aliphatic heterocycles.